The third kappa shape index (κ3) is 1.72. The number of hydrogen-bond donors (Lipinski definition) is 0. The van der Waals surface area contributed by atoms with Gasteiger partial charge in [-0.25, -0.2) is 4.98 Å². The highest BCUT2D eigenvalue weighted by molar-refractivity contribution is 5.83. The van der Waals surface area contributed by atoms with Crippen LogP contribution in [0, 0.1) is 0 Å². The van der Waals surface area contributed by atoms with Gasteiger partial charge in [0.2, 0.25) is 0 Å². The number of pyridine rings is 1. The van der Waals surface area contributed by atoms with E-state index in [1.165, 1.54) is 16.6 Å². The molecule has 18 heavy (non-hydrogen) atoms. The molecule has 88 valence electrons. The molecule has 2 aromatic heterocycles. The molecule has 3 rings (SSSR count). The Hall–Kier alpha value is -2.35. The summed E-state index contributed by atoms with van der Waals surface area (Å²) in [4.78, 5) is 4.44. The summed E-state index contributed by atoms with van der Waals surface area (Å²) in [6, 6.07) is 16.5. The van der Waals surface area contributed by atoms with Gasteiger partial charge in [0.05, 0.1) is 5.52 Å². The van der Waals surface area contributed by atoms with Crippen LogP contribution in [0.25, 0.3) is 16.7 Å². The molecule has 0 atom stereocenters. The molecule has 0 fully saturated rings. The number of aromatic nitrogens is 2. The predicted octanol–water partition coefficient (Wildman–Crippen LogP) is 3.75. The first-order chi connectivity index (χ1) is 8.90. The number of para-hydroxylation sites is 1. The van der Waals surface area contributed by atoms with E-state index < -0.39 is 0 Å². The van der Waals surface area contributed by atoms with E-state index >= 15 is 0 Å². The van der Waals surface area contributed by atoms with Crippen molar-refractivity contribution in [2.24, 2.45) is 0 Å². The van der Waals surface area contributed by atoms with Crippen LogP contribution in [0.3, 0.4) is 0 Å². The van der Waals surface area contributed by atoms with Crippen LogP contribution in [-0.2, 0) is 6.42 Å². The molecule has 3 aromatic rings. The van der Waals surface area contributed by atoms with E-state index in [-0.39, 0.29) is 0 Å². The lowest BCUT2D eigenvalue weighted by molar-refractivity contribution is 0.961. The standard InChI is InChI=1S/C16H14N2/c1-2-7-14-12-13-8-3-4-9-15(13)18(14)16-10-5-6-11-17-16/h2-6,8-12H,1,7H2. The van der Waals surface area contributed by atoms with E-state index in [0.29, 0.717) is 0 Å². The van der Waals surface area contributed by atoms with E-state index in [2.05, 4.69) is 46.5 Å². The van der Waals surface area contributed by atoms with Crippen LogP contribution in [-0.4, -0.2) is 9.55 Å². The van der Waals surface area contributed by atoms with E-state index in [0.717, 1.165) is 12.2 Å². The fraction of sp³-hybridized carbons (Fsp3) is 0.0625. The summed E-state index contributed by atoms with van der Waals surface area (Å²) in [5.41, 5.74) is 2.40. The van der Waals surface area contributed by atoms with E-state index in [1.54, 1.807) is 0 Å². The quantitative estimate of drug-likeness (QED) is 0.631. The molecule has 2 nitrogen and oxygen atoms in total. The van der Waals surface area contributed by atoms with E-state index in [1.807, 2.05) is 30.5 Å². The van der Waals surface area contributed by atoms with E-state index in [4.69, 9.17) is 0 Å². The van der Waals surface area contributed by atoms with Gasteiger partial charge >= 0.3 is 0 Å². The SMILES string of the molecule is C=CCc1cc2ccccc2n1-c1ccccn1. The van der Waals surface area contributed by atoms with Crippen LogP contribution < -0.4 is 0 Å². The third-order valence-electron chi connectivity index (χ3n) is 3.02. The Morgan fingerprint density at radius 3 is 2.72 bits per heavy atom. The lowest BCUT2D eigenvalue weighted by Gasteiger charge is -2.08. The highest BCUT2D eigenvalue weighted by Gasteiger charge is 2.09. The summed E-state index contributed by atoms with van der Waals surface area (Å²) in [7, 11) is 0. The molecule has 0 saturated heterocycles. The Morgan fingerprint density at radius 2 is 1.94 bits per heavy atom. The van der Waals surface area contributed by atoms with Crippen molar-refractivity contribution in [2.75, 3.05) is 0 Å². The number of hydrogen-bond acceptors (Lipinski definition) is 1. The van der Waals surface area contributed by atoms with Crippen LogP contribution >= 0.6 is 0 Å². The Balaban J connectivity index is 2.31. The number of fused-ring (bicyclic) bond motifs is 1. The third-order valence-corrected chi connectivity index (χ3v) is 3.02. The molecule has 2 heteroatoms. The minimum atomic E-state index is 0.839. The summed E-state index contributed by atoms with van der Waals surface area (Å²) >= 11 is 0. The average Bonchev–Trinajstić information content (AvgIpc) is 2.78. The zero-order valence-corrected chi connectivity index (χ0v) is 10.1. The Bertz CT molecular complexity index is 681. The van der Waals surface area contributed by atoms with Crippen molar-refractivity contribution in [1.29, 1.82) is 0 Å². The lowest BCUT2D eigenvalue weighted by atomic mass is 10.2. The second-order valence-electron chi connectivity index (χ2n) is 4.21. The van der Waals surface area contributed by atoms with Crippen LogP contribution in [0.5, 0.6) is 0 Å². The molecule has 0 amide bonds. The van der Waals surface area contributed by atoms with Gasteiger partial charge in [-0.2, -0.15) is 0 Å². The Morgan fingerprint density at radius 1 is 1.11 bits per heavy atom. The molecular weight excluding hydrogens is 220 g/mol. The van der Waals surface area contributed by atoms with Crippen molar-refractivity contribution >= 4 is 10.9 Å². The number of nitrogens with zero attached hydrogens (tertiary/aromatic N) is 2. The Labute approximate surface area is 106 Å². The van der Waals surface area contributed by atoms with Crippen LogP contribution in [0.15, 0.2) is 67.4 Å². The molecule has 0 saturated carbocycles. The van der Waals surface area contributed by atoms with Gasteiger partial charge in [0.25, 0.3) is 0 Å². The maximum atomic E-state index is 4.44. The van der Waals surface area contributed by atoms with Gasteiger partial charge in [-0.15, -0.1) is 6.58 Å². The summed E-state index contributed by atoms with van der Waals surface area (Å²) in [5, 5.41) is 1.24. The average molecular weight is 234 g/mol. The maximum Gasteiger partial charge on any atom is 0.137 e. The summed E-state index contributed by atoms with van der Waals surface area (Å²) in [6.45, 7) is 3.83. The van der Waals surface area contributed by atoms with Crippen molar-refractivity contribution in [1.82, 2.24) is 9.55 Å². The van der Waals surface area contributed by atoms with Crippen LogP contribution in [0.2, 0.25) is 0 Å². The normalized spacial score (nSPS) is 10.7. The zero-order chi connectivity index (χ0) is 12.4. The first-order valence-corrected chi connectivity index (χ1v) is 6.02. The molecule has 2 heterocycles. The molecule has 0 aliphatic rings. The predicted molar refractivity (Wildman–Crippen MR) is 75.0 cm³/mol. The summed E-state index contributed by atoms with van der Waals surface area (Å²) < 4.78 is 2.19. The van der Waals surface area contributed by atoms with Gasteiger partial charge < -0.3 is 0 Å². The van der Waals surface area contributed by atoms with Crippen molar-refractivity contribution in [2.45, 2.75) is 6.42 Å². The van der Waals surface area contributed by atoms with Crippen molar-refractivity contribution in [3.63, 3.8) is 0 Å². The highest BCUT2D eigenvalue weighted by atomic mass is 15.1. The first kappa shape index (κ1) is 10.8. The maximum absolute atomic E-state index is 4.44. The fourth-order valence-electron chi connectivity index (χ4n) is 2.27. The molecule has 1 aromatic carbocycles. The van der Waals surface area contributed by atoms with Gasteiger partial charge in [-0.3, -0.25) is 4.57 Å². The topological polar surface area (TPSA) is 17.8 Å². The molecule has 0 bridgehead atoms. The van der Waals surface area contributed by atoms with Crippen molar-refractivity contribution in [3.8, 4) is 5.82 Å². The molecule has 0 aliphatic carbocycles. The summed E-state index contributed by atoms with van der Waals surface area (Å²) in [6.07, 6.45) is 4.58. The lowest BCUT2D eigenvalue weighted by Crippen LogP contribution is -2.00. The van der Waals surface area contributed by atoms with Gasteiger partial charge in [0.1, 0.15) is 5.82 Å². The van der Waals surface area contributed by atoms with Gasteiger partial charge in [0, 0.05) is 23.7 Å². The van der Waals surface area contributed by atoms with Gasteiger partial charge in [0.15, 0.2) is 0 Å². The smallest absolute Gasteiger partial charge is 0.137 e. The fourth-order valence-corrected chi connectivity index (χ4v) is 2.27. The number of rotatable bonds is 3. The zero-order valence-electron chi connectivity index (χ0n) is 10.1. The molecule has 0 aliphatic heterocycles. The van der Waals surface area contributed by atoms with Crippen molar-refractivity contribution in [3.05, 3.63) is 73.1 Å². The monoisotopic (exact) mass is 234 g/mol. The number of allylic oxidation sites excluding steroid dienone is 1. The minimum Gasteiger partial charge on any atom is -0.298 e. The minimum absolute atomic E-state index is 0.839. The van der Waals surface area contributed by atoms with Crippen LogP contribution in [0.1, 0.15) is 5.69 Å². The second kappa shape index (κ2) is 4.49. The van der Waals surface area contributed by atoms with Gasteiger partial charge in [-0.05, 0) is 24.3 Å². The van der Waals surface area contributed by atoms with Crippen LogP contribution in [0.4, 0.5) is 0 Å². The second-order valence-corrected chi connectivity index (χ2v) is 4.21. The molecule has 0 N–H and O–H groups in total. The highest BCUT2D eigenvalue weighted by Crippen LogP contribution is 2.23. The number of benzene rings is 1. The van der Waals surface area contributed by atoms with E-state index in [9.17, 15) is 0 Å². The van der Waals surface area contributed by atoms with Crippen molar-refractivity contribution < 1.29 is 0 Å². The van der Waals surface area contributed by atoms with Gasteiger partial charge in [-0.1, -0.05) is 30.3 Å². The molecular formula is C16H14N2. The molecule has 0 spiro atoms. The Kier molecular flexibility index (Phi) is 2.69. The molecule has 0 radical (unpaired) electrons. The largest absolute Gasteiger partial charge is 0.298 e. The molecule has 0 unspecified atom stereocenters. The first-order valence-electron chi connectivity index (χ1n) is 6.02. The summed E-state index contributed by atoms with van der Waals surface area (Å²) in [5.74, 6) is 0.954.